The van der Waals surface area contributed by atoms with Gasteiger partial charge in [-0.2, -0.15) is 11.3 Å². The number of aryl methyl sites for hydroxylation is 3. The quantitative estimate of drug-likeness (QED) is 0.0864. The fraction of sp³-hybridized carbons (Fsp3) is 0.191. The van der Waals surface area contributed by atoms with Crippen molar-refractivity contribution >= 4 is 126 Å². The van der Waals surface area contributed by atoms with Crippen LogP contribution in [-0.2, 0) is 89.2 Å². The van der Waals surface area contributed by atoms with Crippen molar-refractivity contribution in [3.8, 4) is 56.0 Å². The van der Waals surface area contributed by atoms with E-state index in [-0.39, 0.29) is 89.5 Å². The fourth-order valence-corrected chi connectivity index (χ4v) is 20.5. The molecule has 13 heteroatoms. The summed E-state index contributed by atoms with van der Waals surface area (Å²) in [5, 5.41) is 29.7. The minimum Gasteiger partial charge on any atom is -0.512 e. The predicted molar refractivity (Wildman–Crippen MR) is 493 cm³/mol. The Labute approximate surface area is 760 Å². The van der Waals surface area contributed by atoms with Gasteiger partial charge < -0.3 is 29.0 Å². The Morgan fingerprint density at radius 1 is 0.553 bits per heavy atom. The number of allylic oxidation sites excluding steroid dienone is 14. The number of rotatable bonds is 8. The molecule has 2 N–H and O–H groups in total. The van der Waals surface area contributed by atoms with Crippen molar-refractivity contribution in [3.05, 3.63) is 346 Å². The molecule has 10 aromatic carbocycles. The van der Waals surface area contributed by atoms with Gasteiger partial charge in [-0.25, -0.2) is 0 Å². The number of furan rings is 2. The number of aliphatic hydroxyl groups is 2. The van der Waals surface area contributed by atoms with Gasteiger partial charge in [-0.1, -0.05) is 228 Å². The van der Waals surface area contributed by atoms with Crippen LogP contribution in [0, 0.1) is 37.0 Å². The zero-order valence-electron chi connectivity index (χ0n) is 68.7. The number of benzene rings is 10. The number of carbonyl (C=O) groups excluding carboxylic acids is 2. The summed E-state index contributed by atoms with van der Waals surface area (Å²) in [5.74, 6) is 1.46. The molecular weight excluding hydrogens is 2070 g/mol. The number of para-hydroxylation sites is 1. The second-order valence-electron chi connectivity index (χ2n) is 33.1. The molecule has 6 heterocycles. The van der Waals surface area contributed by atoms with Crippen LogP contribution < -0.4 is 0 Å². The van der Waals surface area contributed by atoms with Gasteiger partial charge in [0.25, 0.3) is 0 Å². The maximum Gasteiger partial charge on any atom is 0.162 e. The van der Waals surface area contributed by atoms with E-state index in [4.69, 9.17) is 23.9 Å². The van der Waals surface area contributed by atoms with Crippen molar-refractivity contribution in [2.45, 2.75) is 124 Å². The molecule has 123 heavy (non-hydrogen) atoms. The normalized spacial score (nSPS) is 15.9. The van der Waals surface area contributed by atoms with E-state index in [0.29, 0.717) is 17.3 Å². The molecule has 1 atom stereocenters. The average Bonchev–Trinajstić information content (AvgIpc) is 1.66. The van der Waals surface area contributed by atoms with Crippen molar-refractivity contribution < 1.29 is 89.0 Å². The summed E-state index contributed by atoms with van der Waals surface area (Å²) in [7, 11) is 0. The summed E-state index contributed by atoms with van der Waals surface area (Å²) < 4.78 is 15.5. The molecule has 8 aliphatic carbocycles. The third kappa shape index (κ3) is 16.2. The Hall–Kier alpha value is -11.2. The van der Waals surface area contributed by atoms with E-state index < -0.39 is 0 Å². The van der Waals surface area contributed by atoms with Gasteiger partial charge in [-0.15, -0.1) is 60.2 Å². The molecule has 1 unspecified atom stereocenters. The smallest absolute Gasteiger partial charge is 0.162 e. The van der Waals surface area contributed by atoms with Gasteiger partial charge in [-0.05, 0) is 255 Å². The van der Waals surface area contributed by atoms with Crippen LogP contribution in [0.5, 0.6) is 0 Å². The van der Waals surface area contributed by atoms with Crippen LogP contribution >= 0.6 is 11.3 Å². The number of fused-ring (bicyclic) bond motifs is 17. The van der Waals surface area contributed by atoms with E-state index in [2.05, 4.69) is 224 Å². The van der Waals surface area contributed by atoms with E-state index in [1.807, 2.05) is 72.3 Å². The number of thiophene rings is 1. The molecule has 0 amide bonds. The van der Waals surface area contributed by atoms with Crippen LogP contribution in [0.4, 0.5) is 0 Å². The van der Waals surface area contributed by atoms with Gasteiger partial charge in [-0.3, -0.25) is 14.6 Å². The van der Waals surface area contributed by atoms with Crippen molar-refractivity contribution in [2.75, 3.05) is 0 Å². The minimum atomic E-state index is -0.0787. The zero-order chi connectivity index (χ0) is 81.2. The first kappa shape index (κ1) is 84.0. The van der Waals surface area contributed by atoms with E-state index >= 15 is 0 Å². The molecule has 16 aromatic rings. The molecule has 0 aliphatic heterocycles. The molecule has 3 radical (unpaired) electrons. The first-order valence-corrected chi connectivity index (χ1v) is 43.1. The van der Waals surface area contributed by atoms with Gasteiger partial charge in [0.05, 0.1) is 28.2 Å². The molecule has 8 aliphatic rings. The van der Waals surface area contributed by atoms with E-state index in [1.54, 1.807) is 6.92 Å². The van der Waals surface area contributed by atoms with Crippen LogP contribution in [0.15, 0.2) is 292 Å². The summed E-state index contributed by atoms with van der Waals surface area (Å²) in [6, 6.07) is 79.0. The first-order chi connectivity index (χ1) is 58.8. The van der Waals surface area contributed by atoms with Gasteiger partial charge in [0.1, 0.15) is 11.2 Å². The van der Waals surface area contributed by atoms with E-state index in [0.717, 1.165) is 147 Å². The number of pyridine rings is 3. The molecular formula is C110H88Ir3N3O6S-3. The molecule has 2 fully saturated rings. The topological polar surface area (TPSA) is 140 Å². The number of hydrogen-bond donors (Lipinski definition) is 2. The molecule has 0 saturated heterocycles. The summed E-state index contributed by atoms with van der Waals surface area (Å²) >= 11 is 1.89. The number of nitrogens with zero attached hydrogens (tertiary/aromatic N) is 3. The summed E-state index contributed by atoms with van der Waals surface area (Å²) in [4.78, 5) is 36.3. The van der Waals surface area contributed by atoms with Gasteiger partial charge in [0.2, 0.25) is 0 Å². The predicted octanol–water partition coefficient (Wildman–Crippen LogP) is 28.7. The molecule has 2 saturated carbocycles. The van der Waals surface area contributed by atoms with Crippen LogP contribution in [0.1, 0.15) is 142 Å². The molecule has 0 bridgehead atoms. The summed E-state index contributed by atoms with van der Waals surface area (Å²) in [6.07, 6.45) is 39.0. The van der Waals surface area contributed by atoms with E-state index in [1.165, 1.54) is 171 Å². The Morgan fingerprint density at radius 2 is 1.28 bits per heavy atom. The number of hydrogen-bond acceptors (Lipinski definition) is 10. The van der Waals surface area contributed by atoms with Crippen LogP contribution in [0.3, 0.4) is 0 Å². The van der Waals surface area contributed by atoms with Crippen LogP contribution in [0.2, 0.25) is 0 Å². The molecule has 9 nitrogen and oxygen atoms in total. The third-order valence-corrected chi connectivity index (χ3v) is 26.9. The number of aliphatic hydroxyl groups excluding tert-OH is 2. The SMILES string of the molecule is CC(=O)C(C)=C(C)O.Cc1ccc(-c2ccnc(-c3[c-]cc4sc5c6ccc7c8c6c(cc5c4c3)CC=C8CC=C7)c2)cc1.O=C(C=C(O)C1CCCC1)C1CCCC1.[Ir].[Ir].[Ir].[c-]1ccc2c(oc3cc4c(cc32)-c2ccccc2CC4)c1-c1ccc2ccccc2n1.[c-]1ccc2c(oc3ccc4c(c32)C=C2CC=CC3=C2C4CC=C3)c1-c1ccccn1. The number of aromatic nitrogens is 3. The molecule has 24 rings (SSSR count). The van der Waals surface area contributed by atoms with Crippen LogP contribution in [0.25, 0.3) is 159 Å². The van der Waals surface area contributed by atoms with Crippen molar-refractivity contribution in [1.82, 2.24) is 15.0 Å². The van der Waals surface area contributed by atoms with Crippen LogP contribution in [-0.4, -0.2) is 36.7 Å². The number of ketones is 2. The zero-order valence-corrected chi connectivity index (χ0v) is 76.7. The Balaban J connectivity index is 0.000000115. The van der Waals surface area contributed by atoms with Gasteiger partial charge in [0, 0.05) is 118 Å². The second kappa shape index (κ2) is 35.9. The van der Waals surface area contributed by atoms with Crippen molar-refractivity contribution in [3.63, 3.8) is 0 Å². The van der Waals surface area contributed by atoms with Gasteiger partial charge in [0.15, 0.2) is 11.6 Å². The van der Waals surface area contributed by atoms with Gasteiger partial charge >= 0.3 is 0 Å². The Kier molecular flexibility index (Phi) is 24.6. The van der Waals surface area contributed by atoms with Crippen molar-refractivity contribution in [1.29, 1.82) is 0 Å². The molecule has 615 valence electrons. The third-order valence-electron chi connectivity index (χ3n) is 25.7. The summed E-state index contributed by atoms with van der Waals surface area (Å²) in [6.45, 7) is 6.64. The number of Topliss-reactive ketones (excluding diaryl/α,β-unsaturated/α-hetero) is 1. The Morgan fingerprint density at radius 3 is 2.07 bits per heavy atom. The largest absolute Gasteiger partial charge is 0.512 e. The molecule has 6 aromatic heterocycles. The monoisotopic (exact) mass is 2160 g/mol. The van der Waals surface area contributed by atoms with E-state index in [9.17, 15) is 14.7 Å². The first-order valence-electron chi connectivity index (χ1n) is 42.3. The maximum atomic E-state index is 11.8. The Bertz CT molecular complexity index is 7170. The fourth-order valence-electron chi connectivity index (χ4n) is 19.3. The average molecular weight is 2160 g/mol. The van der Waals surface area contributed by atoms with Crippen molar-refractivity contribution in [2.24, 2.45) is 11.8 Å². The standard InChI is InChI=1S/C34H22NS.C29H18NO.C28H18NO.C13H20O2.C6H10O2.3Ir/c1-20-5-7-21(8-6-20)24-15-16-35-30(19-24)25-12-14-31-28(17-25)29-18-26-10-9-22-3-2-4-23-11-13-27(34(29)36-31)33(26)32(22)23;1-3-8-21-18(6-1)12-13-20-16-28-25(17-24(20)21)22-9-5-10-23(29(22)31-28)27-15-14-19-7-2-4-11-26(19)30-27;1-2-15-29-24(12-1)21-10-5-11-22-27-23-16-18-8-3-6-17-7-4-9-20(26(17)18)19(23)13-14-25(27)30-28(21)22;14-12(10-5-1-2-6-10)9-13(15)11-7-3-4-8-11;1-4(5(2)7)6(3)8;;;/h2,4-9,11,13-19H,3,10H2,1H3;1-9,11,14-17H,12-13H2;1-7,11-16,20H,8-9H2;9-11,14H,1-8H2;7H,1-3H3;;;/q3*-1;;;;;. The number of carbonyl (C=O) groups is 2. The summed E-state index contributed by atoms with van der Waals surface area (Å²) in [5.41, 5.74) is 32.6. The second-order valence-corrected chi connectivity index (χ2v) is 34.1. The minimum absolute atomic E-state index is 0. The molecule has 0 spiro atoms. The maximum absolute atomic E-state index is 11.8.